The molecule has 4 N–H and O–H groups in total. The summed E-state index contributed by atoms with van der Waals surface area (Å²) >= 11 is 0. The minimum absolute atomic E-state index is 0.110. The van der Waals surface area contributed by atoms with Crippen molar-refractivity contribution in [3.05, 3.63) is 71.6 Å². The van der Waals surface area contributed by atoms with Gasteiger partial charge in [-0.2, -0.15) is 0 Å². The Labute approximate surface area is 314 Å². The van der Waals surface area contributed by atoms with Gasteiger partial charge in [0.1, 0.15) is 29.4 Å². The predicted molar refractivity (Wildman–Crippen MR) is 202 cm³/mol. The molecule has 0 radical (unpaired) electrons. The zero-order valence-corrected chi connectivity index (χ0v) is 31.6. The average Bonchev–Trinajstić information content (AvgIpc) is 4.00. The lowest BCUT2D eigenvalue weighted by Gasteiger charge is -2.29. The van der Waals surface area contributed by atoms with Gasteiger partial charge in [0.05, 0.1) is 43.5 Å². The van der Waals surface area contributed by atoms with Crippen LogP contribution in [0.25, 0.3) is 22.2 Å². The number of imidazole rings is 2. The van der Waals surface area contributed by atoms with E-state index in [0.29, 0.717) is 24.6 Å². The van der Waals surface area contributed by atoms with Gasteiger partial charge in [-0.25, -0.2) is 19.6 Å². The molecule has 4 aromatic rings. The van der Waals surface area contributed by atoms with Crippen LogP contribution in [0.5, 0.6) is 0 Å². The highest BCUT2D eigenvalue weighted by Crippen LogP contribution is 2.34. The van der Waals surface area contributed by atoms with E-state index in [0.717, 1.165) is 59.2 Å². The molecule has 0 saturated carbocycles. The summed E-state index contributed by atoms with van der Waals surface area (Å²) in [5.41, 5.74) is 5.18. The number of carbonyl (C=O) groups is 4. The van der Waals surface area contributed by atoms with Crippen molar-refractivity contribution in [2.75, 3.05) is 27.3 Å². The maximum atomic E-state index is 13.6. The summed E-state index contributed by atoms with van der Waals surface area (Å²) in [6.07, 6.45) is 3.63. The summed E-state index contributed by atoms with van der Waals surface area (Å²) in [6, 6.07) is 12.2. The lowest BCUT2D eigenvalue weighted by molar-refractivity contribution is -0.136. The number of rotatable bonds is 9. The highest BCUT2D eigenvalue weighted by Gasteiger charge is 2.39. The second-order valence-corrected chi connectivity index (χ2v) is 14.5. The summed E-state index contributed by atoms with van der Waals surface area (Å²) in [5.74, 6) is 7.23. The van der Waals surface area contributed by atoms with Crippen LogP contribution in [0.15, 0.2) is 48.7 Å². The number of ether oxygens (including phenoxy) is 2. The van der Waals surface area contributed by atoms with Crippen molar-refractivity contribution in [3.8, 4) is 23.0 Å². The van der Waals surface area contributed by atoms with Gasteiger partial charge in [0.25, 0.3) is 0 Å². The normalized spacial score (nSPS) is 18.0. The molecule has 6 rings (SSSR count). The van der Waals surface area contributed by atoms with E-state index in [1.807, 2.05) is 69.0 Å². The molecular formula is C40H48N8O6. The molecular weight excluding hydrogens is 688 g/mol. The molecule has 0 spiro atoms. The van der Waals surface area contributed by atoms with E-state index in [1.54, 1.807) is 11.1 Å². The van der Waals surface area contributed by atoms with Crippen molar-refractivity contribution in [1.29, 1.82) is 0 Å². The molecule has 0 bridgehead atoms. The summed E-state index contributed by atoms with van der Waals surface area (Å²) < 4.78 is 9.49. The number of H-pyrrole nitrogens is 2. The smallest absolute Gasteiger partial charge is 0.407 e. The first kappa shape index (κ1) is 37.9. The van der Waals surface area contributed by atoms with E-state index in [-0.39, 0.29) is 35.7 Å². The number of nitrogens with one attached hydrogen (secondary N) is 4. The molecule has 2 aliphatic rings. The SMILES string of the molecule is COC(=O)N[C@H](C(=O)N1CCCC1c1ncc(C#Cc2ccc(-c3ccc4nc([C@@H]5CCCN5C(=O)[C@@H](NC(=O)OC)C(C)C)[nH]c4c3)cc2)[nH]1)C(C)C. The van der Waals surface area contributed by atoms with E-state index >= 15 is 0 Å². The van der Waals surface area contributed by atoms with Gasteiger partial charge in [0, 0.05) is 18.7 Å². The predicted octanol–water partition coefficient (Wildman–Crippen LogP) is 5.44. The number of fused-ring (bicyclic) bond motifs is 1. The zero-order chi connectivity index (χ0) is 38.5. The molecule has 4 atom stereocenters. The highest BCUT2D eigenvalue weighted by atomic mass is 16.5. The molecule has 14 heteroatoms. The zero-order valence-electron chi connectivity index (χ0n) is 31.6. The Bertz CT molecular complexity index is 2060. The second-order valence-electron chi connectivity index (χ2n) is 14.5. The van der Waals surface area contributed by atoms with Gasteiger partial charge in [0.15, 0.2) is 0 Å². The molecule has 2 aromatic carbocycles. The van der Waals surface area contributed by atoms with Crippen LogP contribution in [-0.4, -0.2) is 93.1 Å². The van der Waals surface area contributed by atoms with Crippen LogP contribution in [-0.2, 0) is 19.1 Å². The van der Waals surface area contributed by atoms with E-state index in [4.69, 9.17) is 14.5 Å². The molecule has 4 amide bonds. The second kappa shape index (κ2) is 16.4. The Morgan fingerprint density at radius 2 is 1.31 bits per heavy atom. The van der Waals surface area contributed by atoms with Crippen molar-refractivity contribution in [1.82, 2.24) is 40.4 Å². The van der Waals surface area contributed by atoms with Crippen molar-refractivity contribution in [3.63, 3.8) is 0 Å². The Kier molecular flexibility index (Phi) is 11.5. The first-order valence-corrected chi connectivity index (χ1v) is 18.4. The molecule has 54 heavy (non-hydrogen) atoms. The van der Waals surface area contributed by atoms with Gasteiger partial charge in [-0.1, -0.05) is 51.8 Å². The first-order valence-electron chi connectivity index (χ1n) is 18.4. The monoisotopic (exact) mass is 736 g/mol. The summed E-state index contributed by atoms with van der Waals surface area (Å²) in [5, 5.41) is 5.37. The number of likely N-dealkylation sites (tertiary alicyclic amines) is 2. The largest absolute Gasteiger partial charge is 0.453 e. The lowest BCUT2D eigenvalue weighted by atomic mass is 10.0. The Hall–Kier alpha value is -5.84. The number of hydrogen-bond acceptors (Lipinski definition) is 8. The molecule has 2 saturated heterocycles. The molecule has 2 aromatic heterocycles. The van der Waals surface area contributed by atoms with E-state index in [9.17, 15) is 19.2 Å². The number of alkyl carbamates (subject to hydrolysis) is 2. The molecule has 1 unspecified atom stereocenters. The Balaban J connectivity index is 1.12. The topological polar surface area (TPSA) is 175 Å². The summed E-state index contributed by atoms with van der Waals surface area (Å²) in [6.45, 7) is 8.74. The van der Waals surface area contributed by atoms with Crippen LogP contribution < -0.4 is 10.6 Å². The van der Waals surface area contributed by atoms with Crippen molar-refractivity contribution >= 4 is 35.0 Å². The van der Waals surface area contributed by atoms with Crippen LogP contribution >= 0.6 is 0 Å². The third kappa shape index (κ3) is 8.20. The number of amides is 4. The van der Waals surface area contributed by atoms with Crippen LogP contribution in [0.1, 0.15) is 88.4 Å². The third-order valence-corrected chi connectivity index (χ3v) is 10.1. The minimum atomic E-state index is -0.698. The van der Waals surface area contributed by atoms with Crippen LogP contribution in [0.3, 0.4) is 0 Å². The number of carbonyl (C=O) groups excluding carboxylic acids is 4. The number of nitrogens with zero attached hydrogens (tertiary/aromatic N) is 4. The summed E-state index contributed by atoms with van der Waals surface area (Å²) in [7, 11) is 2.57. The van der Waals surface area contributed by atoms with Crippen LogP contribution in [0, 0.1) is 23.7 Å². The number of aromatic nitrogens is 4. The molecule has 4 heterocycles. The van der Waals surface area contributed by atoms with Crippen molar-refractivity contribution in [2.45, 2.75) is 77.5 Å². The minimum Gasteiger partial charge on any atom is -0.453 e. The lowest BCUT2D eigenvalue weighted by Crippen LogP contribution is -2.51. The van der Waals surface area contributed by atoms with Crippen molar-refractivity contribution in [2.24, 2.45) is 11.8 Å². The fourth-order valence-corrected chi connectivity index (χ4v) is 7.21. The fraction of sp³-hybridized carbons (Fsp3) is 0.450. The van der Waals surface area contributed by atoms with Gasteiger partial charge in [-0.3, -0.25) is 9.59 Å². The molecule has 14 nitrogen and oxygen atoms in total. The van der Waals surface area contributed by atoms with Crippen molar-refractivity contribution < 1.29 is 28.7 Å². The Morgan fingerprint density at radius 3 is 1.87 bits per heavy atom. The number of methoxy groups -OCH3 is 2. The average molecular weight is 737 g/mol. The van der Waals surface area contributed by atoms with Gasteiger partial charge in [-0.05, 0) is 78.8 Å². The van der Waals surface area contributed by atoms with Gasteiger partial charge >= 0.3 is 12.2 Å². The van der Waals surface area contributed by atoms with Gasteiger partial charge in [0.2, 0.25) is 11.8 Å². The molecule has 2 aliphatic heterocycles. The summed E-state index contributed by atoms with van der Waals surface area (Å²) in [4.78, 5) is 70.6. The van der Waals surface area contributed by atoms with Crippen LogP contribution in [0.2, 0.25) is 0 Å². The maximum absolute atomic E-state index is 13.6. The van der Waals surface area contributed by atoms with Gasteiger partial charge in [-0.15, -0.1) is 0 Å². The van der Waals surface area contributed by atoms with E-state index < -0.39 is 24.3 Å². The molecule has 2 fully saturated rings. The quantitative estimate of drug-likeness (QED) is 0.164. The highest BCUT2D eigenvalue weighted by molar-refractivity contribution is 5.87. The standard InChI is InChI=1S/C40H48N8O6/c1-23(2)33(45-39(51)53-5)37(49)47-19-7-9-31(47)35-41-22-28(42-35)17-13-25-11-14-26(15-12-25)27-16-18-29-30(21-27)44-36(43-29)32-10-8-20-48(32)38(50)34(24(3)4)46-40(52)54-6/h11-12,14-16,18,21-24,31-34H,7-10,19-20H2,1-6H3,(H,41,42)(H,43,44)(H,45,51)(H,46,52)/t31?,32-,33-,34-/m0/s1. The third-order valence-electron chi connectivity index (χ3n) is 10.1. The number of aromatic amines is 2. The van der Waals surface area contributed by atoms with E-state index in [1.165, 1.54) is 14.2 Å². The maximum Gasteiger partial charge on any atom is 0.407 e. The molecule has 284 valence electrons. The molecule has 0 aliphatic carbocycles. The number of benzene rings is 2. The fourth-order valence-electron chi connectivity index (χ4n) is 7.21. The van der Waals surface area contributed by atoms with Gasteiger partial charge < -0.3 is 39.9 Å². The Morgan fingerprint density at radius 1 is 0.759 bits per heavy atom. The van der Waals surface area contributed by atoms with E-state index in [2.05, 4.69) is 43.5 Å². The number of hydrogen-bond donors (Lipinski definition) is 4. The first-order chi connectivity index (χ1) is 26.0. The van der Waals surface area contributed by atoms with Crippen LogP contribution in [0.4, 0.5) is 9.59 Å².